The predicted octanol–water partition coefficient (Wildman–Crippen LogP) is 7.59. The van der Waals surface area contributed by atoms with Crippen LogP contribution in [0.25, 0.3) is 44.4 Å². The highest BCUT2D eigenvalue weighted by Gasteiger charge is 2.09. The number of aromatic nitrogens is 2. The Morgan fingerprint density at radius 3 is 1.57 bits per heavy atom. The van der Waals surface area contributed by atoms with E-state index in [1.807, 2.05) is 24.3 Å². The topological polar surface area (TPSA) is 25.8 Å². The van der Waals surface area contributed by atoms with Gasteiger partial charge in [0.05, 0.1) is 11.2 Å². The summed E-state index contributed by atoms with van der Waals surface area (Å²) in [4.78, 5) is 8.80. The van der Waals surface area contributed by atoms with Crippen LogP contribution in [0.4, 0.5) is 0 Å². The maximum atomic E-state index is 6.15. The number of aryl methyl sites for hydroxylation is 1. The maximum Gasteiger partial charge on any atom is 0.223 e. The summed E-state index contributed by atoms with van der Waals surface area (Å²) < 4.78 is 0. The fourth-order valence-corrected chi connectivity index (χ4v) is 3.87. The fraction of sp³-hybridized carbons (Fsp3) is 0.0370. The summed E-state index contributed by atoms with van der Waals surface area (Å²) in [5, 5.41) is 1.26. The van der Waals surface area contributed by atoms with Crippen molar-refractivity contribution in [3.05, 3.63) is 108 Å². The van der Waals surface area contributed by atoms with Crippen molar-refractivity contribution in [1.29, 1.82) is 0 Å². The molecule has 144 valence electrons. The predicted molar refractivity (Wildman–Crippen MR) is 126 cm³/mol. The van der Waals surface area contributed by atoms with Crippen molar-refractivity contribution >= 4 is 22.5 Å². The van der Waals surface area contributed by atoms with E-state index in [4.69, 9.17) is 11.6 Å². The largest absolute Gasteiger partial charge is 0.223 e. The second kappa shape index (κ2) is 7.74. The van der Waals surface area contributed by atoms with Crippen molar-refractivity contribution in [2.45, 2.75) is 6.92 Å². The molecule has 3 heteroatoms. The molecule has 0 aliphatic carbocycles. The van der Waals surface area contributed by atoms with Crippen molar-refractivity contribution in [2.24, 2.45) is 0 Å². The zero-order chi connectivity index (χ0) is 20.5. The number of halogens is 1. The zero-order valence-corrected chi connectivity index (χ0v) is 17.3. The van der Waals surface area contributed by atoms with E-state index in [1.54, 1.807) is 0 Å². The van der Waals surface area contributed by atoms with Crippen LogP contribution < -0.4 is 0 Å². The Bertz CT molecular complexity index is 1320. The molecule has 0 amide bonds. The molecule has 0 fully saturated rings. The van der Waals surface area contributed by atoms with Crippen LogP contribution in [-0.4, -0.2) is 9.97 Å². The molecule has 30 heavy (non-hydrogen) atoms. The highest BCUT2D eigenvalue weighted by molar-refractivity contribution is 6.28. The first-order valence-corrected chi connectivity index (χ1v) is 10.3. The quantitative estimate of drug-likeness (QED) is 0.288. The number of nitrogens with zero attached hydrogens (tertiary/aromatic N) is 2. The van der Waals surface area contributed by atoms with Crippen LogP contribution in [0.2, 0.25) is 5.28 Å². The lowest BCUT2D eigenvalue weighted by Crippen LogP contribution is -1.91. The standard InChI is InChI=1S/C27H19ClN2/c1-18-6-8-19(9-7-18)20-10-12-21(13-11-20)22-14-16-23(17-15-22)26-24-4-2-3-5-25(24)29-27(28)30-26/h2-17H,1H3. The summed E-state index contributed by atoms with van der Waals surface area (Å²) >= 11 is 6.15. The van der Waals surface area contributed by atoms with Crippen molar-refractivity contribution in [1.82, 2.24) is 9.97 Å². The highest BCUT2D eigenvalue weighted by Crippen LogP contribution is 2.30. The third-order valence-electron chi connectivity index (χ3n) is 5.34. The van der Waals surface area contributed by atoms with Gasteiger partial charge >= 0.3 is 0 Å². The lowest BCUT2D eigenvalue weighted by molar-refractivity contribution is 1.22. The summed E-state index contributed by atoms with van der Waals surface area (Å²) in [7, 11) is 0. The third-order valence-corrected chi connectivity index (χ3v) is 5.51. The van der Waals surface area contributed by atoms with Crippen LogP contribution in [0.15, 0.2) is 97.1 Å². The van der Waals surface area contributed by atoms with Crippen LogP contribution in [0.1, 0.15) is 5.56 Å². The first kappa shape index (κ1) is 18.5. The summed E-state index contributed by atoms with van der Waals surface area (Å²) in [5.74, 6) is 0. The normalized spacial score (nSPS) is 11.0. The highest BCUT2D eigenvalue weighted by atomic mass is 35.5. The SMILES string of the molecule is Cc1ccc(-c2ccc(-c3ccc(-c4nc(Cl)nc5ccccc45)cc3)cc2)cc1. The molecule has 1 aromatic heterocycles. The van der Waals surface area contributed by atoms with Gasteiger partial charge in [0.25, 0.3) is 0 Å². The number of para-hydroxylation sites is 1. The molecular formula is C27H19ClN2. The molecule has 0 aliphatic heterocycles. The van der Waals surface area contributed by atoms with Crippen molar-refractivity contribution in [3.63, 3.8) is 0 Å². The van der Waals surface area contributed by atoms with Gasteiger partial charge in [0.2, 0.25) is 5.28 Å². The van der Waals surface area contributed by atoms with E-state index < -0.39 is 0 Å². The first-order chi connectivity index (χ1) is 14.7. The average Bonchev–Trinajstić information content (AvgIpc) is 2.79. The molecule has 5 aromatic rings. The van der Waals surface area contributed by atoms with Crippen LogP contribution in [0.3, 0.4) is 0 Å². The zero-order valence-electron chi connectivity index (χ0n) is 16.5. The smallest absolute Gasteiger partial charge is 0.218 e. The van der Waals surface area contributed by atoms with E-state index in [2.05, 4.69) is 89.7 Å². The van der Waals surface area contributed by atoms with Crippen molar-refractivity contribution in [2.75, 3.05) is 0 Å². The molecule has 0 radical (unpaired) electrons. The minimum atomic E-state index is 0.263. The molecule has 0 unspecified atom stereocenters. The minimum absolute atomic E-state index is 0.263. The number of hydrogen-bond donors (Lipinski definition) is 0. The van der Waals surface area contributed by atoms with Gasteiger partial charge < -0.3 is 0 Å². The molecule has 1 heterocycles. The van der Waals surface area contributed by atoms with Gasteiger partial charge in [-0.25, -0.2) is 9.97 Å². The van der Waals surface area contributed by atoms with Gasteiger partial charge in [0.15, 0.2) is 0 Å². The van der Waals surface area contributed by atoms with Crippen LogP contribution in [-0.2, 0) is 0 Å². The fourth-order valence-electron chi connectivity index (χ4n) is 3.69. The molecule has 0 bridgehead atoms. The van der Waals surface area contributed by atoms with E-state index >= 15 is 0 Å². The summed E-state index contributed by atoms with van der Waals surface area (Å²) in [6, 6.07) is 33.7. The van der Waals surface area contributed by atoms with Gasteiger partial charge in [-0.2, -0.15) is 0 Å². The molecule has 0 saturated carbocycles. The molecule has 0 spiro atoms. The molecule has 0 atom stereocenters. The maximum absolute atomic E-state index is 6.15. The lowest BCUT2D eigenvalue weighted by atomic mass is 9.98. The summed E-state index contributed by atoms with van der Waals surface area (Å²) in [5.41, 5.74) is 8.80. The lowest BCUT2D eigenvalue weighted by Gasteiger charge is -2.09. The Hall–Kier alpha value is -3.49. The van der Waals surface area contributed by atoms with Gasteiger partial charge in [0.1, 0.15) is 0 Å². The number of benzene rings is 4. The third kappa shape index (κ3) is 3.58. The monoisotopic (exact) mass is 406 g/mol. The molecule has 0 saturated heterocycles. The molecule has 0 aliphatic rings. The van der Waals surface area contributed by atoms with Crippen LogP contribution in [0.5, 0.6) is 0 Å². The van der Waals surface area contributed by atoms with Crippen molar-refractivity contribution < 1.29 is 0 Å². The Morgan fingerprint density at radius 1 is 0.533 bits per heavy atom. The molecule has 0 N–H and O–H groups in total. The van der Waals surface area contributed by atoms with Crippen LogP contribution in [0, 0.1) is 6.92 Å². The summed E-state index contributed by atoms with van der Waals surface area (Å²) in [6.45, 7) is 2.11. The van der Waals surface area contributed by atoms with Gasteiger partial charge in [-0.15, -0.1) is 0 Å². The van der Waals surface area contributed by atoms with E-state index in [0.29, 0.717) is 0 Å². The Morgan fingerprint density at radius 2 is 1.00 bits per heavy atom. The Kier molecular flexibility index (Phi) is 4.78. The summed E-state index contributed by atoms with van der Waals surface area (Å²) in [6.07, 6.45) is 0. The van der Waals surface area contributed by atoms with Crippen molar-refractivity contribution in [3.8, 4) is 33.5 Å². The van der Waals surface area contributed by atoms with Gasteiger partial charge in [-0.1, -0.05) is 96.6 Å². The Balaban J connectivity index is 1.46. The second-order valence-corrected chi connectivity index (χ2v) is 7.72. The second-order valence-electron chi connectivity index (χ2n) is 7.38. The molecule has 2 nitrogen and oxygen atoms in total. The minimum Gasteiger partial charge on any atom is -0.218 e. The number of fused-ring (bicyclic) bond motifs is 1. The van der Waals surface area contributed by atoms with E-state index in [9.17, 15) is 0 Å². The average molecular weight is 407 g/mol. The molecular weight excluding hydrogens is 388 g/mol. The van der Waals surface area contributed by atoms with E-state index in [1.165, 1.54) is 27.8 Å². The Labute approximate surface area is 180 Å². The van der Waals surface area contributed by atoms with Crippen LogP contribution >= 0.6 is 11.6 Å². The van der Waals surface area contributed by atoms with Gasteiger partial charge in [0, 0.05) is 10.9 Å². The van der Waals surface area contributed by atoms with Gasteiger partial charge in [-0.3, -0.25) is 0 Å². The van der Waals surface area contributed by atoms with E-state index in [0.717, 1.165) is 22.2 Å². The first-order valence-electron chi connectivity index (χ1n) is 9.87. The van der Waals surface area contributed by atoms with Gasteiger partial charge in [-0.05, 0) is 46.8 Å². The molecule has 4 aromatic carbocycles. The number of rotatable bonds is 3. The molecule has 5 rings (SSSR count). The number of hydrogen-bond acceptors (Lipinski definition) is 2. The van der Waals surface area contributed by atoms with E-state index in [-0.39, 0.29) is 5.28 Å².